The van der Waals surface area contributed by atoms with Crippen LogP contribution in [0.3, 0.4) is 0 Å². The Morgan fingerprint density at radius 3 is 2.36 bits per heavy atom. The average molecular weight is 307 g/mol. The highest BCUT2D eigenvalue weighted by Gasteiger charge is 2.06. The van der Waals surface area contributed by atoms with E-state index in [1.165, 1.54) is 12.8 Å². The van der Waals surface area contributed by atoms with Gasteiger partial charge < -0.3 is 14.8 Å². The van der Waals surface area contributed by atoms with Gasteiger partial charge in [0.25, 0.3) is 0 Å². The maximum atomic E-state index is 11.9. The molecule has 0 spiro atoms. The zero-order valence-electron chi connectivity index (χ0n) is 13.9. The third-order valence-corrected chi connectivity index (χ3v) is 3.33. The van der Waals surface area contributed by atoms with Gasteiger partial charge in [0, 0.05) is 18.8 Å². The number of benzene rings is 1. The van der Waals surface area contributed by atoms with Gasteiger partial charge >= 0.3 is 5.97 Å². The summed E-state index contributed by atoms with van der Waals surface area (Å²) < 4.78 is 10.6. The molecule has 4 nitrogen and oxygen atoms in total. The number of rotatable bonds is 12. The van der Waals surface area contributed by atoms with E-state index in [9.17, 15) is 4.79 Å². The van der Waals surface area contributed by atoms with Gasteiger partial charge in [0.05, 0.1) is 12.2 Å². The lowest BCUT2D eigenvalue weighted by Crippen LogP contribution is -2.11. The Bertz CT molecular complexity index is 403. The van der Waals surface area contributed by atoms with Crippen LogP contribution in [-0.4, -0.2) is 32.3 Å². The second-order valence-corrected chi connectivity index (χ2v) is 5.31. The van der Waals surface area contributed by atoms with Crippen molar-refractivity contribution in [1.82, 2.24) is 0 Å². The van der Waals surface area contributed by atoms with Crippen molar-refractivity contribution in [3.8, 4) is 0 Å². The van der Waals surface area contributed by atoms with E-state index < -0.39 is 0 Å². The van der Waals surface area contributed by atoms with Crippen LogP contribution in [0.15, 0.2) is 24.3 Å². The normalized spacial score (nSPS) is 10.5. The van der Waals surface area contributed by atoms with Crippen molar-refractivity contribution in [3.63, 3.8) is 0 Å². The number of hydrogen-bond donors (Lipinski definition) is 1. The molecule has 0 amide bonds. The monoisotopic (exact) mass is 307 g/mol. The Morgan fingerprint density at radius 1 is 0.955 bits per heavy atom. The summed E-state index contributed by atoms with van der Waals surface area (Å²) in [5.41, 5.74) is 1.61. The summed E-state index contributed by atoms with van der Waals surface area (Å²) in [6.45, 7) is 6.79. The largest absolute Gasteiger partial charge is 0.460 e. The molecule has 0 heterocycles. The van der Waals surface area contributed by atoms with Gasteiger partial charge in [-0.25, -0.2) is 4.79 Å². The van der Waals surface area contributed by atoms with Crippen molar-refractivity contribution in [2.75, 3.05) is 31.7 Å². The van der Waals surface area contributed by atoms with Gasteiger partial charge in [0.15, 0.2) is 0 Å². The van der Waals surface area contributed by atoms with E-state index in [0.29, 0.717) is 18.8 Å². The molecule has 1 rings (SSSR count). The Kier molecular flexibility index (Phi) is 10.1. The van der Waals surface area contributed by atoms with Crippen molar-refractivity contribution in [1.29, 1.82) is 0 Å². The van der Waals surface area contributed by atoms with Crippen molar-refractivity contribution in [2.45, 2.75) is 46.0 Å². The Balaban J connectivity index is 2.19. The van der Waals surface area contributed by atoms with Crippen LogP contribution in [0.1, 0.15) is 56.3 Å². The molecule has 0 saturated carbocycles. The first-order chi connectivity index (χ1) is 10.8. The van der Waals surface area contributed by atoms with Gasteiger partial charge in [-0.05, 0) is 37.1 Å². The number of hydrogen-bond acceptors (Lipinski definition) is 4. The van der Waals surface area contributed by atoms with E-state index in [-0.39, 0.29) is 5.97 Å². The zero-order chi connectivity index (χ0) is 16.0. The molecule has 1 N–H and O–H groups in total. The number of nitrogens with one attached hydrogen (secondary N) is 1. The van der Waals surface area contributed by atoms with Gasteiger partial charge in [-0.2, -0.15) is 0 Å². The van der Waals surface area contributed by atoms with Gasteiger partial charge in [0.1, 0.15) is 6.61 Å². The first kappa shape index (κ1) is 18.5. The van der Waals surface area contributed by atoms with Crippen molar-refractivity contribution in [2.24, 2.45) is 0 Å². The standard InChI is InChI=1S/C18H29NO3/c1-3-5-7-13-21-14-15-22-18(20)16-8-10-17(11-9-16)19-12-6-4-2/h8-11,19H,3-7,12-15H2,1-2H3. The SMILES string of the molecule is CCCCCOCCOC(=O)c1ccc(NCCCC)cc1. The van der Waals surface area contributed by atoms with Gasteiger partial charge in [-0.3, -0.25) is 0 Å². The fraction of sp³-hybridized carbons (Fsp3) is 0.611. The summed E-state index contributed by atoms with van der Waals surface area (Å²) >= 11 is 0. The van der Waals surface area contributed by atoms with Crippen LogP contribution in [0.4, 0.5) is 5.69 Å². The molecule has 0 fully saturated rings. The van der Waals surface area contributed by atoms with E-state index in [1.54, 1.807) is 12.1 Å². The highest BCUT2D eigenvalue weighted by Crippen LogP contribution is 2.10. The molecular weight excluding hydrogens is 278 g/mol. The summed E-state index contributed by atoms with van der Waals surface area (Å²) in [7, 11) is 0. The van der Waals surface area contributed by atoms with Crippen LogP contribution in [-0.2, 0) is 9.47 Å². The predicted molar refractivity (Wildman–Crippen MR) is 90.5 cm³/mol. The molecule has 0 atom stereocenters. The maximum absolute atomic E-state index is 11.9. The first-order valence-corrected chi connectivity index (χ1v) is 8.36. The minimum absolute atomic E-state index is 0.294. The fourth-order valence-electron chi connectivity index (χ4n) is 1.97. The number of ether oxygens (including phenoxy) is 2. The van der Waals surface area contributed by atoms with Crippen molar-refractivity contribution < 1.29 is 14.3 Å². The average Bonchev–Trinajstić information content (AvgIpc) is 2.55. The van der Waals surface area contributed by atoms with Gasteiger partial charge in [0.2, 0.25) is 0 Å². The molecule has 124 valence electrons. The summed E-state index contributed by atoms with van der Waals surface area (Å²) in [5, 5.41) is 3.32. The fourth-order valence-corrected chi connectivity index (χ4v) is 1.97. The van der Waals surface area contributed by atoms with Crippen LogP contribution in [0.2, 0.25) is 0 Å². The lowest BCUT2D eigenvalue weighted by molar-refractivity contribution is 0.0312. The lowest BCUT2D eigenvalue weighted by Gasteiger charge is -2.08. The Hall–Kier alpha value is -1.55. The van der Waals surface area contributed by atoms with Gasteiger partial charge in [-0.1, -0.05) is 33.1 Å². The molecule has 0 aromatic heterocycles. The molecule has 4 heteroatoms. The highest BCUT2D eigenvalue weighted by molar-refractivity contribution is 5.89. The predicted octanol–water partition coefficient (Wildman–Crippen LogP) is 4.26. The Morgan fingerprint density at radius 2 is 1.68 bits per heavy atom. The number of unbranched alkanes of at least 4 members (excludes halogenated alkanes) is 3. The van der Waals surface area contributed by atoms with E-state index in [4.69, 9.17) is 9.47 Å². The van der Waals surface area contributed by atoms with Crippen LogP contribution in [0.25, 0.3) is 0 Å². The number of anilines is 1. The molecule has 1 aromatic carbocycles. The molecule has 0 aliphatic rings. The molecular formula is C18H29NO3. The van der Waals surface area contributed by atoms with E-state index >= 15 is 0 Å². The summed E-state index contributed by atoms with van der Waals surface area (Å²) in [4.78, 5) is 11.9. The maximum Gasteiger partial charge on any atom is 0.338 e. The molecule has 0 saturated heterocycles. The number of carbonyl (C=O) groups is 1. The minimum atomic E-state index is -0.294. The van der Waals surface area contributed by atoms with Crippen LogP contribution < -0.4 is 5.32 Å². The van der Waals surface area contributed by atoms with Crippen molar-refractivity contribution in [3.05, 3.63) is 29.8 Å². The van der Waals surface area contributed by atoms with E-state index in [2.05, 4.69) is 19.2 Å². The third-order valence-electron chi connectivity index (χ3n) is 3.33. The second kappa shape index (κ2) is 12.0. The molecule has 1 aromatic rings. The van der Waals surface area contributed by atoms with Crippen LogP contribution in [0.5, 0.6) is 0 Å². The number of carbonyl (C=O) groups excluding carboxylic acids is 1. The van der Waals surface area contributed by atoms with E-state index in [0.717, 1.165) is 38.1 Å². The van der Waals surface area contributed by atoms with Crippen molar-refractivity contribution >= 4 is 11.7 Å². The summed E-state index contributed by atoms with van der Waals surface area (Å²) in [6.07, 6.45) is 5.73. The quantitative estimate of drug-likeness (QED) is 0.463. The van der Waals surface area contributed by atoms with Crippen LogP contribution >= 0.6 is 0 Å². The smallest absolute Gasteiger partial charge is 0.338 e. The van der Waals surface area contributed by atoms with Crippen LogP contribution in [0, 0.1) is 0 Å². The third kappa shape index (κ3) is 8.03. The summed E-state index contributed by atoms with van der Waals surface area (Å²) in [6, 6.07) is 7.40. The Labute approximate surface area is 134 Å². The molecule has 0 unspecified atom stereocenters. The zero-order valence-corrected chi connectivity index (χ0v) is 13.9. The van der Waals surface area contributed by atoms with Gasteiger partial charge in [-0.15, -0.1) is 0 Å². The molecule has 22 heavy (non-hydrogen) atoms. The molecule has 0 bridgehead atoms. The first-order valence-electron chi connectivity index (χ1n) is 8.36. The topological polar surface area (TPSA) is 47.6 Å². The summed E-state index contributed by atoms with van der Waals surface area (Å²) in [5.74, 6) is -0.294. The molecule has 0 aliphatic heterocycles. The molecule has 0 aliphatic carbocycles. The second-order valence-electron chi connectivity index (χ2n) is 5.31. The van der Waals surface area contributed by atoms with E-state index in [1.807, 2.05) is 12.1 Å². The lowest BCUT2D eigenvalue weighted by atomic mass is 10.2. The minimum Gasteiger partial charge on any atom is -0.460 e. The number of esters is 1. The highest BCUT2D eigenvalue weighted by atomic mass is 16.6. The molecule has 0 radical (unpaired) electrons.